The van der Waals surface area contributed by atoms with Crippen LogP contribution in [-0.4, -0.2) is 34.8 Å². The van der Waals surface area contributed by atoms with Gasteiger partial charge in [0, 0.05) is 12.1 Å². The first kappa shape index (κ1) is 27.6. The number of azo groups is 1. The quantitative estimate of drug-likeness (QED) is 0.155. The molecular formula is C30H54N6. The number of rotatable bonds is 8. The molecule has 0 spiro atoms. The third-order valence-corrected chi connectivity index (χ3v) is 10.2. The average Bonchev–Trinajstić information content (AvgIpc) is 2.93. The maximum absolute atomic E-state index is 9.25. The molecule has 0 aromatic heterocycles. The van der Waals surface area contributed by atoms with Crippen LogP contribution in [0.5, 0.6) is 0 Å². The van der Waals surface area contributed by atoms with Crippen LogP contribution in [0.2, 0.25) is 0 Å². The molecule has 0 heterocycles. The second-order valence-corrected chi connectivity index (χ2v) is 12.9. The molecule has 0 bridgehead atoms. The first-order chi connectivity index (χ1) is 17.4. The maximum Gasteiger partial charge on any atom is 0.138 e. The van der Waals surface area contributed by atoms with Crippen molar-refractivity contribution in [2.75, 3.05) is 0 Å². The first-order valence-corrected chi connectivity index (χ1v) is 15.6. The Labute approximate surface area is 220 Å². The maximum atomic E-state index is 9.25. The van der Waals surface area contributed by atoms with E-state index in [1.807, 2.05) is 0 Å². The van der Waals surface area contributed by atoms with Crippen LogP contribution in [0.25, 0.3) is 0 Å². The standard InChI is InChI=1S/C30H54N6/c1-29(23-15-7-3-8-16-23,27(31)33-25-19-11-5-12-20-25)35-36-30(2,24-17-9-4-10-18-24)28(32)34-26-21-13-6-14-22-26/h23-26H,3-22H2,1-2H3,(H2,31,33)(H2,32,34)/b36-35+. The SMILES string of the molecule is CC(/N=N/C(C)(C(=N)NC1CCCCC1)C1CCCCC1)(C(=N)NC1CCCCC1)C1CCCCC1. The van der Waals surface area contributed by atoms with Gasteiger partial charge in [0.1, 0.15) is 22.7 Å². The Morgan fingerprint density at radius 1 is 0.500 bits per heavy atom. The molecule has 2 unspecified atom stereocenters. The van der Waals surface area contributed by atoms with Crippen molar-refractivity contribution in [3.05, 3.63) is 0 Å². The molecule has 2 atom stereocenters. The van der Waals surface area contributed by atoms with Gasteiger partial charge in [-0.15, -0.1) is 0 Å². The van der Waals surface area contributed by atoms with Crippen molar-refractivity contribution in [1.29, 1.82) is 10.8 Å². The summed E-state index contributed by atoms with van der Waals surface area (Å²) in [6.07, 6.45) is 24.3. The van der Waals surface area contributed by atoms with Crippen LogP contribution >= 0.6 is 0 Å². The summed E-state index contributed by atoms with van der Waals surface area (Å²) < 4.78 is 0. The third kappa shape index (κ3) is 6.69. The van der Waals surface area contributed by atoms with Crippen molar-refractivity contribution in [3.63, 3.8) is 0 Å². The van der Waals surface area contributed by atoms with Gasteiger partial charge in [-0.3, -0.25) is 10.8 Å². The van der Waals surface area contributed by atoms with E-state index in [1.165, 1.54) is 77.0 Å². The molecular weight excluding hydrogens is 444 g/mol. The molecule has 0 radical (unpaired) electrons. The number of hydrogen-bond acceptors (Lipinski definition) is 4. The molecule has 36 heavy (non-hydrogen) atoms. The minimum Gasteiger partial charge on any atom is -0.369 e. The van der Waals surface area contributed by atoms with E-state index in [2.05, 4.69) is 24.5 Å². The fourth-order valence-electron chi connectivity index (χ4n) is 7.40. The molecule has 6 nitrogen and oxygen atoms in total. The molecule has 204 valence electrons. The smallest absolute Gasteiger partial charge is 0.138 e. The van der Waals surface area contributed by atoms with E-state index in [-0.39, 0.29) is 0 Å². The summed E-state index contributed by atoms with van der Waals surface area (Å²) in [5.74, 6) is 1.86. The van der Waals surface area contributed by atoms with E-state index in [1.54, 1.807) is 0 Å². The lowest BCUT2D eigenvalue weighted by Gasteiger charge is -2.41. The monoisotopic (exact) mass is 498 g/mol. The van der Waals surface area contributed by atoms with Gasteiger partial charge in [0.25, 0.3) is 0 Å². The van der Waals surface area contributed by atoms with E-state index in [0.717, 1.165) is 51.4 Å². The molecule has 0 aliphatic heterocycles. The van der Waals surface area contributed by atoms with Gasteiger partial charge in [-0.25, -0.2) is 0 Å². The molecule has 0 saturated heterocycles. The van der Waals surface area contributed by atoms with Crippen molar-refractivity contribution in [3.8, 4) is 0 Å². The highest BCUT2D eigenvalue weighted by molar-refractivity contribution is 5.90. The van der Waals surface area contributed by atoms with E-state index in [4.69, 9.17) is 10.2 Å². The molecule has 4 aliphatic carbocycles. The zero-order valence-corrected chi connectivity index (χ0v) is 23.3. The van der Waals surface area contributed by atoms with Crippen molar-refractivity contribution >= 4 is 11.7 Å². The zero-order valence-electron chi connectivity index (χ0n) is 23.3. The molecule has 4 aliphatic rings. The number of nitrogens with one attached hydrogen (secondary N) is 4. The fraction of sp³-hybridized carbons (Fsp3) is 0.933. The van der Waals surface area contributed by atoms with Crippen molar-refractivity contribution in [1.82, 2.24) is 10.6 Å². The van der Waals surface area contributed by atoms with Crippen LogP contribution in [-0.2, 0) is 0 Å². The van der Waals surface area contributed by atoms with Gasteiger partial charge in [-0.2, -0.15) is 10.2 Å². The second-order valence-electron chi connectivity index (χ2n) is 12.9. The fourth-order valence-corrected chi connectivity index (χ4v) is 7.40. The summed E-state index contributed by atoms with van der Waals surface area (Å²) >= 11 is 0. The molecule has 4 rings (SSSR count). The molecule has 0 aromatic rings. The lowest BCUT2D eigenvalue weighted by molar-refractivity contribution is 0.235. The van der Waals surface area contributed by atoms with Crippen LogP contribution in [0.15, 0.2) is 10.2 Å². The molecule has 4 saturated carbocycles. The van der Waals surface area contributed by atoms with Crippen LogP contribution in [0.3, 0.4) is 0 Å². The Bertz CT molecular complexity index is 679. The Morgan fingerprint density at radius 2 is 0.778 bits per heavy atom. The minimum atomic E-state index is -0.626. The van der Waals surface area contributed by atoms with Gasteiger partial charge in [-0.1, -0.05) is 77.0 Å². The van der Waals surface area contributed by atoms with E-state index in [0.29, 0.717) is 35.6 Å². The van der Waals surface area contributed by atoms with Crippen LogP contribution in [0.1, 0.15) is 142 Å². The summed E-state index contributed by atoms with van der Waals surface area (Å²) in [6.45, 7) is 4.34. The lowest BCUT2D eigenvalue weighted by atomic mass is 9.74. The van der Waals surface area contributed by atoms with Gasteiger partial charge in [0.05, 0.1) is 0 Å². The van der Waals surface area contributed by atoms with Gasteiger partial charge < -0.3 is 10.6 Å². The second kappa shape index (κ2) is 12.9. The predicted octanol–water partition coefficient (Wildman–Crippen LogP) is 7.92. The van der Waals surface area contributed by atoms with Gasteiger partial charge >= 0.3 is 0 Å². The largest absolute Gasteiger partial charge is 0.369 e. The van der Waals surface area contributed by atoms with E-state index < -0.39 is 11.1 Å². The molecule has 0 amide bonds. The molecule has 4 N–H and O–H groups in total. The average molecular weight is 499 g/mol. The number of nitrogens with zero attached hydrogens (tertiary/aromatic N) is 2. The molecule has 4 fully saturated rings. The van der Waals surface area contributed by atoms with E-state index >= 15 is 0 Å². The third-order valence-electron chi connectivity index (χ3n) is 10.2. The number of hydrogen-bond donors (Lipinski definition) is 4. The summed E-state index contributed by atoms with van der Waals surface area (Å²) in [4.78, 5) is 0. The normalized spacial score (nSPS) is 27.3. The Kier molecular flexibility index (Phi) is 9.85. The van der Waals surface area contributed by atoms with Crippen LogP contribution in [0.4, 0.5) is 0 Å². The topological polar surface area (TPSA) is 96.5 Å². The highest BCUT2D eigenvalue weighted by Gasteiger charge is 2.44. The number of amidine groups is 2. The van der Waals surface area contributed by atoms with Gasteiger partial charge in [-0.05, 0) is 77.0 Å². The van der Waals surface area contributed by atoms with E-state index in [9.17, 15) is 10.8 Å². The summed E-state index contributed by atoms with van der Waals surface area (Å²) in [6, 6.07) is 0.806. The summed E-state index contributed by atoms with van der Waals surface area (Å²) in [5, 5.41) is 36.1. The highest BCUT2D eigenvalue weighted by atomic mass is 15.2. The van der Waals surface area contributed by atoms with Gasteiger partial charge in [0.15, 0.2) is 0 Å². The van der Waals surface area contributed by atoms with Crippen LogP contribution in [0, 0.1) is 22.7 Å². The Hall–Kier alpha value is -1.46. The van der Waals surface area contributed by atoms with Crippen molar-refractivity contribution in [2.24, 2.45) is 22.1 Å². The van der Waals surface area contributed by atoms with Gasteiger partial charge in [0.2, 0.25) is 0 Å². The Balaban J connectivity index is 1.58. The predicted molar refractivity (Wildman–Crippen MR) is 150 cm³/mol. The highest BCUT2D eigenvalue weighted by Crippen LogP contribution is 2.40. The Morgan fingerprint density at radius 3 is 1.08 bits per heavy atom. The molecule has 6 heteroatoms. The zero-order chi connectivity index (χ0) is 25.4. The van der Waals surface area contributed by atoms with Crippen molar-refractivity contribution in [2.45, 2.75) is 165 Å². The molecule has 0 aromatic carbocycles. The first-order valence-electron chi connectivity index (χ1n) is 15.6. The lowest BCUT2D eigenvalue weighted by Crippen LogP contribution is -2.54. The minimum absolute atomic E-state index is 0.356. The van der Waals surface area contributed by atoms with Crippen molar-refractivity contribution < 1.29 is 0 Å². The summed E-state index contributed by atoms with van der Waals surface area (Å²) in [7, 11) is 0. The summed E-state index contributed by atoms with van der Waals surface area (Å²) in [5.41, 5.74) is -1.25. The van der Waals surface area contributed by atoms with Crippen LogP contribution < -0.4 is 10.6 Å².